The predicted molar refractivity (Wildman–Crippen MR) is 76.5 cm³/mol. The van der Waals surface area contributed by atoms with Crippen molar-refractivity contribution in [1.29, 1.82) is 5.26 Å². The quantitative estimate of drug-likeness (QED) is 0.679. The summed E-state index contributed by atoms with van der Waals surface area (Å²) in [6.07, 6.45) is -2.86. The van der Waals surface area contributed by atoms with Crippen molar-refractivity contribution in [2.45, 2.75) is 18.3 Å². The average Bonchev–Trinajstić information content (AvgIpc) is 2.45. The number of hydrogen-bond donors (Lipinski definition) is 1. The molecule has 0 atom stereocenters. The van der Waals surface area contributed by atoms with Gasteiger partial charge in [-0.3, -0.25) is 4.79 Å². The zero-order valence-corrected chi connectivity index (χ0v) is 12.4. The molecule has 0 amide bonds. The number of halogens is 3. The Bertz CT molecular complexity index is 822. The van der Waals surface area contributed by atoms with Gasteiger partial charge in [0.05, 0.1) is 11.3 Å². The number of H-pyrrole nitrogens is 1. The van der Waals surface area contributed by atoms with Crippen LogP contribution in [-0.4, -0.2) is 16.2 Å². The Kier molecular flexibility index (Phi) is 4.28. The number of aromatic amines is 1. The van der Waals surface area contributed by atoms with Gasteiger partial charge in [-0.15, -0.1) is 0 Å². The molecule has 0 saturated heterocycles. The highest BCUT2D eigenvalue weighted by atomic mass is 32.2. The zero-order valence-electron chi connectivity index (χ0n) is 11.6. The van der Waals surface area contributed by atoms with Gasteiger partial charge in [0, 0.05) is 5.56 Å². The van der Waals surface area contributed by atoms with Gasteiger partial charge in [-0.1, -0.05) is 23.9 Å². The van der Waals surface area contributed by atoms with E-state index < -0.39 is 17.3 Å². The van der Waals surface area contributed by atoms with Crippen molar-refractivity contribution in [3.8, 4) is 17.3 Å². The number of hydrogen-bond acceptors (Lipinski definition) is 4. The Morgan fingerprint density at radius 3 is 2.59 bits per heavy atom. The summed E-state index contributed by atoms with van der Waals surface area (Å²) in [7, 11) is 0. The lowest BCUT2D eigenvalue weighted by molar-refractivity contribution is -0.138. The van der Waals surface area contributed by atoms with E-state index >= 15 is 0 Å². The molecule has 0 aliphatic heterocycles. The van der Waals surface area contributed by atoms with Crippen LogP contribution >= 0.6 is 11.8 Å². The number of nitrogens with one attached hydrogen (secondary N) is 1. The molecule has 2 rings (SSSR count). The third kappa shape index (κ3) is 2.99. The molecule has 0 bridgehead atoms. The highest BCUT2D eigenvalue weighted by molar-refractivity contribution is 7.98. The van der Waals surface area contributed by atoms with Crippen LogP contribution in [0.3, 0.4) is 0 Å². The maximum Gasteiger partial charge on any atom is 0.416 e. The minimum atomic E-state index is -4.52. The number of nitriles is 1. The predicted octanol–water partition coefficient (Wildman–Crippen LogP) is 3.36. The van der Waals surface area contributed by atoms with Crippen LogP contribution < -0.4 is 5.56 Å². The fourth-order valence-corrected chi connectivity index (χ4v) is 2.31. The van der Waals surface area contributed by atoms with Crippen LogP contribution in [0.15, 0.2) is 28.2 Å². The van der Waals surface area contributed by atoms with Crippen molar-refractivity contribution in [2.75, 3.05) is 6.26 Å². The fourth-order valence-electron chi connectivity index (χ4n) is 1.94. The zero-order chi connectivity index (χ0) is 16.5. The molecule has 0 radical (unpaired) electrons. The average molecular weight is 325 g/mol. The van der Waals surface area contributed by atoms with E-state index in [1.807, 2.05) is 0 Å². The second-order valence-electron chi connectivity index (χ2n) is 4.44. The molecule has 22 heavy (non-hydrogen) atoms. The normalized spacial score (nSPS) is 11.3. The monoisotopic (exact) mass is 325 g/mol. The Morgan fingerprint density at radius 1 is 1.36 bits per heavy atom. The number of alkyl halides is 3. The lowest BCUT2D eigenvalue weighted by atomic mass is 10.0. The van der Waals surface area contributed by atoms with Gasteiger partial charge in [0.25, 0.3) is 5.56 Å². The minimum Gasteiger partial charge on any atom is -0.300 e. The fraction of sp³-hybridized carbons (Fsp3) is 0.214. The molecule has 0 aliphatic rings. The van der Waals surface area contributed by atoms with Gasteiger partial charge in [0.15, 0.2) is 5.16 Å². The summed E-state index contributed by atoms with van der Waals surface area (Å²) >= 11 is 1.13. The van der Waals surface area contributed by atoms with E-state index in [9.17, 15) is 18.0 Å². The minimum absolute atomic E-state index is 0.0545. The molecule has 0 unspecified atom stereocenters. The second-order valence-corrected chi connectivity index (χ2v) is 5.23. The molecule has 0 aliphatic carbocycles. The van der Waals surface area contributed by atoms with Crippen LogP contribution in [0.2, 0.25) is 0 Å². The number of rotatable bonds is 2. The standard InChI is InChI=1S/C14H10F3N3OS/c1-7-3-4-8(5-10(7)14(15,16)17)11-9(6-18)12(21)20-13(19-11)22-2/h3-5H,1-2H3,(H,19,20,21). The molecule has 0 spiro atoms. The van der Waals surface area contributed by atoms with E-state index in [1.54, 1.807) is 12.3 Å². The Morgan fingerprint density at radius 2 is 2.05 bits per heavy atom. The third-order valence-corrected chi connectivity index (χ3v) is 3.60. The van der Waals surface area contributed by atoms with Crippen LogP contribution in [0.5, 0.6) is 0 Å². The van der Waals surface area contributed by atoms with Crippen LogP contribution in [0.25, 0.3) is 11.3 Å². The molecule has 1 N–H and O–H groups in total. The van der Waals surface area contributed by atoms with Crippen molar-refractivity contribution in [3.05, 3.63) is 45.2 Å². The van der Waals surface area contributed by atoms with Gasteiger partial charge < -0.3 is 4.98 Å². The first-order valence-corrected chi connectivity index (χ1v) is 7.27. The smallest absolute Gasteiger partial charge is 0.300 e. The van der Waals surface area contributed by atoms with E-state index in [2.05, 4.69) is 9.97 Å². The summed E-state index contributed by atoms with van der Waals surface area (Å²) in [6, 6.07) is 5.30. The summed E-state index contributed by atoms with van der Waals surface area (Å²) in [5.74, 6) is 0. The molecular formula is C14H10F3N3OS. The van der Waals surface area contributed by atoms with E-state index in [4.69, 9.17) is 5.26 Å². The lowest BCUT2D eigenvalue weighted by Gasteiger charge is -2.12. The molecule has 1 heterocycles. The molecule has 0 saturated carbocycles. The highest BCUT2D eigenvalue weighted by Crippen LogP contribution is 2.34. The molecule has 114 valence electrons. The third-order valence-electron chi connectivity index (χ3n) is 3.02. The first kappa shape index (κ1) is 16.1. The molecule has 4 nitrogen and oxygen atoms in total. The van der Waals surface area contributed by atoms with Crippen LogP contribution in [-0.2, 0) is 6.18 Å². The van der Waals surface area contributed by atoms with E-state index in [0.29, 0.717) is 0 Å². The van der Waals surface area contributed by atoms with Gasteiger partial charge in [-0.25, -0.2) is 4.98 Å². The lowest BCUT2D eigenvalue weighted by Crippen LogP contribution is -2.15. The highest BCUT2D eigenvalue weighted by Gasteiger charge is 2.32. The molecule has 1 aromatic carbocycles. The summed E-state index contributed by atoms with van der Waals surface area (Å²) in [5, 5.41) is 9.30. The summed E-state index contributed by atoms with van der Waals surface area (Å²) in [4.78, 5) is 18.3. The van der Waals surface area contributed by atoms with Gasteiger partial charge in [-0.2, -0.15) is 18.4 Å². The van der Waals surface area contributed by atoms with Crippen molar-refractivity contribution < 1.29 is 13.2 Å². The van der Waals surface area contributed by atoms with Gasteiger partial charge in [-0.05, 0) is 24.8 Å². The Hall–Kier alpha value is -2.27. The number of aromatic nitrogens is 2. The van der Waals surface area contributed by atoms with Crippen molar-refractivity contribution in [1.82, 2.24) is 9.97 Å². The first-order chi connectivity index (χ1) is 10.3. The number of thioether (sulfide) groups is 1. The largest absolute Gasteiger partial charge is 0.416 e. The number of nitrogens with zero attached hydrogens (tertiary/aromatic N) is 2. The maximum absolute atomic E-state index is 13.0. The number of benzene rings is 1. The van der Waals surface area contributed by atoms with Crippen LogP contribution in [0, 0.1) is 18.3 Å². The van der Waals surface area contributed by atoms with Gasteiger partial charge >= 0.3 is 6.18 Å². The Balaban J connectivity index is 2.75. The summed E-state index contributed by atoms with van der Waals surface area (Å²) in [5.41, 5.74) is -1.72. The summed E-state index contributed by atoms with van der Waals surface area (Å²) < 4.78 is 39.0. The topological polar surface area (TPSA) is 69.5 Å². The maximum atomic E-state index is 13.0. The van der Waals surface area contributed by atoms with Crippen LogP contribution in [0.1, 0.15) is 16.7 Å². The molecule has 2 aromatic rings. The molecule has 1 aromatic heterocycles. The van der Waals surface area contributed by atoms with E-state index in [1.165, 1.54) is 19.1 Å². The molecule has 0 fully saturated rings. The number of aryl methyl sites for hydroxylation is 1. The van der Waals surface area contributed by atoms with E-state index in [0.717, 1.165) is 17.8 Å². The molecular weight excluding hydrogens is 315 g/mol. The summed E-state index contributed by atoms with van der Waals surface area (Å²) in [6.45, 7) is 1.34. The molecule has 8 heteroatoms. The van der Waals surface area contributed by atoms with Crippen molar-refractivity contribution >= 4 is 11.8 Å². The van der Waals surface area contributed by atoms with Gasteiger partial charge in [0.1, 0.15) is 11.6 Å². The van der Waals surface area contributed by atoms with Crippen molar-refractivity contribution in [3.63, 3.8) is 0 Å². The SMILES string of the molecule is CSc1nc(-c2ccc(C)c(C(F)(F)F)c2)c(C#N)c(=O)[nH]1. The van der Waals surface area contributed by atoms with Gasteiger partial charge in [0.2, 0.25) is 0 Å². The Labute approximate surface area is 128 Å². The first-order valence-electron chi connectivity index (χ1n) is 6.04. The second kappa shape index (κ2) is 5.85. The van der Waals surface area contributed by atoms with Crippen molar-refractivity contribution in [2.24, 2.45) is 0 Å². The van der Waals surface area contributed by atoms with E-state index in [-0.39, 0.29) is 27.5 Å². The van der Waals surface area contributed by atoms with Crippen LogP contribution in [0.4, 0.5) is 13.2 Å².